The molecule has 0 spiro atoms. The van der Waals surface area contributed by atoms with Gasteiger partial charge < -0.3 is 101 Å². The molecule has 0 saturated heterocycles. The second kappa shape index (κ2) is 47.3. The molecule has 16 N–H and O–H groups in total. The van der Waals surface area contributed by atoms with Crippen molar-refractivity contribution in [3.8, 4) is 0 Å². The third-order valence-electron chi connectivity index (χ3n) is 21.0. The fraction of sp³-hybridized carbons (Fsp3) is 0.583. The number of thioether (sulfide) groups is 4. The number of benzene rings is 4. The lowest BCUT2D eigenvalue weighted by molar-refractivity contribution is -0.0629. The van der Waals surface area contributed by atoms with Crippen molar-refractivity contribution in [3.05, 3.63) is 141 Å². The summed E-state index contributed by atoms with van der Waals surface area (Å²) in [6.07, 6.45) is -74.6. The summed E-state index contributed by atoms with van der Waals surface area (Å²) in [5, 5.41) is 165. The highest BCUT2D eigenvalue weighted by atomic mass is 32.2. The summed E-state index contributed by atoms with van der Waals surface area (Å²) in [6.45, 7) is -7.55. The van der Waals surface area contributed by atoms with Gasteiger partial charge in [-0.05, 0) is 148 Å². The van der Waals surface area contributed by atoms with Crippen LogP contribution in [0.15, 0.2) is 93.4 Å². The van der Waals surface area contributed by atoms with Crippen LogP contribution >= 0.6 is 47.0 Å². The molecule has 776 valence electrons. The number of rotatable bonds is 40. The molecule has 8 aromatic heterocycles. The molecule has 8 aliphatic carbocycles. The van der Waals surface area contributed by atoms with Crippen LogP contribution in [-0.4, -0.2) is 334 Å². The van der Waals surface area contributed by atoms with Gasteiger partial charge in [0.1, 0.15) is 71.9 Å². The van der Waals surface area contributed by atoms with E-state index < -0.39 is 383 Å². The fourth-order valence-corrected chi connectivity index (χ4v) is 15.8. The molecule has 12 aromatic rings. The molecule has 8 saturated carbocycles. The first kappa shape index (κ1) is 58.4. The summed E-state index contributed by atoms with van der Waals surface area (Å²) in [7, 11) is 0. The minimum absolute atomic E-state index is 0.00107. The zero-order valence-corrected chi connectivity index (χ0v) is 79.2. The number of aromatic nitrogens is 20. The molecule has 144 heavy (non-hydrogen) atoms. The summed E-state index contributed by atoms with van der Waals surface area (Å²) < 4.78 is 514. The van der Waals surface area contributed by atoms with E-state index in [-0.39, 0.29) is 83.4 Å². The summed E-state index contributed by atoms with van der Waals surface area (Å²) in [6, 6.07) is -8.86. The van der Waals surface area contributed by atoms with E-state index in [0.29, 0.717) is 52.6 Å². The molecule has 40 nitrogen and oxygen atoms in total. The Bertz CT molecular complexity index is 9340. The summed E-state index contributed by atoms with van der Waals surface area (Å²) in [4.78, 5) is 33.1. The van der Waals surface area contributed by atoms with Crippen LogP contribution in [0.2, 0.25) is 0 Å². The van der Waals surface area contributed by atoms with Gasteiger partial charge in [0, 0.05) is 129 Å². The molecular weight excluding hydrogens is 1950 g/mol. The Morgan fingerprint density at radius 3 is 0.840 bits per heavy atom. The number of anilines is 4. The number of ether oxygens (including phenoxy) is 4. The van der Waals surface area contributed by atoms with Crippen LogP contribution < -0.4 is 21.3 Å². The van der Waals surface area contributed by atoms with Crippen molar-refractivity contribution in [2.75, 3.05) is 96.8 Å². The van der Waals surface area contributed by atoms with Gasteiger partial charge in [0.05, 0.1) is 139 Å². The lowest BCUT2D eigenvalue weighted by Gasteiger charge is -2.17. The van der Waals surface area contributed by atoms with E-state index in [1.807, 2.05) is 0 Å². The molecule has 0 radical (unpaired) electrons. The number of nitrogens with zero attached hydrogens (tertiary/aromatic N) is 20. The van der Waals surface area contributed by atoms with E-state index in [9.17, 15) is 78.8 Å². The summed E-state index contributed by atoms with van der Waals surface area (Å²) in [5.41, 5.74) is -12.1. The zero-order valence-electron chi connectivity index (χ0n) is 128. The fourth-order valence-electron chi connectivity index (χ4n) is 13.6. The lowest BCUT2D eigenvalue weighted by Crippen LogP contribution is -2.33. The molecule has 8 fully saturated rings. The van der Waals surface area contributed by atoms with Gasteiger partial charge >= 0.3 is 0 Å². The maximum atomic E-state index is 14.4. The number of aliphatic hydroxyl groups is 12. The molecule has 8 aliphatic rings. The average Bonchev–Trinajstić information content (AvgIpc) is 1.48. The normalized spacial score (nSPS) is 46.7. The summed E-state index contributed by atoms with van der Waals surface area (Å²) in [5.74, 6) is -9.90. The van der Waals surface area contributed by atoms with Crippen molar-refractivity contribution in [2.24, 2.45) is 0 Å². The third-order valence-corrected chi connectivity index (χ3v) is 24.2. The molecule has 0 bridgehead atoms. The van der Waals surface area contributed by atoms with Gasteiger partial charge in [-0.1, -0.05) is 144 Å². The number of nitrogens with one attached hydrogen (secondary N) is 4. The quantitative estimate of drug-likeness (QED) is 0.00969. The maximum absolute atomic E-state index is 14.4. The molecule has 20 rings (SSSR count). The topological polar surface area (TPSA) is 554 Å². The number of aryl methyl sites for hydroxylation is 4. The minimum atomic E-state index is -4.39. The highest BCUT2D eigenvalue weighted by Gasteiger charge is 2.51. The number of halogens is 4. The van der Waals surface area contributed by atoms with Crippen LogP contribution in [0.5, 0.6) is 0 Å². The largest absolute Gasteiger partial charge is 0.394 e. The van der Waals surface area contributed by atoms with Crippen molar-refractivity contribution in [1.29, 1.82) is 0 Å². The van der Waals surface area contributed by atoms with Gasteiger partial charge in [0.2, 0.25) is 0 Å². The van der Waals surface area contributed by atoms with Crippen molar-refractivity contribution in [1.82, 2.24) is 99.8 Å². The van der Waals surface area contributed by atoms with Gasteiger partial charge in [0.25, 0.3) is 0 Å². The first-order valence-electron chi connectivity index (χ1n) is 69.0. The van der Waals surface area contributed by atoms with Crippen LogP contribution in [0.4, 0.5) is 40.8 Å². The van der Waals surface area contributed by atoms with E-state index >= 15 is 0 Å². The first-order chi connectivity index (χ1) is 88.4. The second-order valence-corrected chi connectivity index (χ2v) is 34.2. The number of hydrogen-bond acceptors (Lipinski definition) is 40. The molecule has 48 heteroatoms. The average molecular weight is 2130 g/mol. The highest BCUT2D eigenvalue weighted by Crippen LogP contribution is 2.50. The Labute approximate surface area is 916 Å². The Hall–Kier alpha value is -9.52. The van der Waals surface area contributed by atoms with Gasteiger partial charge in [0.15, 0.2) is 88.6 Å². The number of aliphatic hydroxyl groups excluding tert-OH is 2. The number of hydrogen-bond donors (Lipinski definition) is 16. The Morgan fingerprint density at radius 2 is 0.604 bits per heavy atom. The van der Waals surface area contributed by atoms with Crippen LogP contribution in [0.3, 0.4) is 0 Å². The monoisotopic (exact) mass is 2130 g/mol. The van der Waals surface area contributed by atoms with E-state index in [1.54, 1.807) is 0 Å². The van der Waals surface area contributed by atoms with E-state index in [4.69, 9.17) is 80.8 Å². The smallest absolute Gasteiger partial charge is 0.191 e. The van der Waals surface area contributed by atoms with Crippen LogP contribution in [0.1, 0.15) is 268 Å². The Morgan fingerprint density at radius 1 is 0.347 bits per heavy atom. The van der Waals surface area contributed by atoms with Gasteiger partial charge in [-0.15, -0.1) is 20.4 Å². The zero-order chi connectivity index (χ0) is 149. The van der Waals surface area contributed by atoms with E-state index in [2.05, 4.69) is 112 Å². The van der Waals surface area contributed by atoms with Crippen LogP contribution in [0, 0.1) is 51.0 Å². The second-order valence-electron chi connectivity index (χ2n) is 30.8. The molecule has 24 atom stereocenters. The summed E-state index contributed by atoms with van der Waals surface area (Å²) >= 11 is 1.59. The van der Waals surface area contributed by atoms with Gasteiger partial charge in [-0.25, -0.2) is 76.2 Å². The van der Waals surface area contributed by atoms with Gasteiger partial charge in [-0.2, -0.15) is 0 Å². The Kier molecular flexibility index (Phi) is 19.2. The molecule has 4 aromatic carbocycles. The van der Waals surface area contributed by atoms with Crippen LogP contribution in [-0.2, 0) is 18.9 Å². The molecule has 0 amide bonds. The standard InChI is InChI=1S/4C24H31FN6O4S/c4*1-3-8-36-24-27-22(26-16-10-14(16)13-5-4-12(2)15(25)9-13)19-23(28-24)31(30-29-19)17-11-18(35-7-6-32)21(34)20(17)33/h4*4-5,9,14,16-18,20-21,32-34H,3,6-8,10-11H2,1-2H3,(H,26,27,28)/t4*14-,16+,17+,18-,20-,21+/m0000/s1/i6D2,7D2,8D2,10D2,11D2,16D,17D,18D,20D,21D;7D2,8D2,10D2,11D2,16D,17D,18D,20D,21D;6D2,8D2,10D2,11D2,16D,17D,18D,20D,21D;8D2,10D2,11D2,16D,17D,18D,20D,21D. The van der Waals surface area contributed by atoms with E-state index in [0.717, 1.165) is 24.3 Å². The van der Waals surface area contributed by atoms with Crippen molar-refractivity contribution >= 4 is 115 Å². The van der Waals surface area contributed by atoms with Crippen molar-refractivity contribution in [2.45, 2.75) is 297 Å². The van der Waals surface area contributed by atoms with Crippen LogP contribution in [0.25, 0.3) is 44.7 Å². The predicted octanol–water partition coefficient (Wildman–Crippen LogP) is 8.73. The molecule has 0 aliphatic heterocycles. The SMILES string of the molecule is [2H]C([2H])(CC)Sc1nc(N[C@@]2([2H])[C@H](c3ccc(C)c(F)c3)C2([2H])[2H])c2nnn([C@]3([2H])C([2H])([2H])[C@]([2H])(OC([2H])([2H])C([2H])([2H])O)[C@@]([2H])(O)[C@@]3([2H])O)c2n1.[2H]C([2H])(CC)Sc1nc(N[C@@]2([2H])[C@H](c3ccc(C)c(F)c3)C2([2H])[2H])c2nnn([C@]3([2H])C([2H])([2H])[C@]([2H])(OCCO)[C@@]([2H])(O)[C@@]3([2H])O)c2n1.[2H]C([2H])(CO)O[C@@]1([2H])C([2H])([2H])[C@@]([2H])(n2nnc3c(N[C@@]4([2H])[C@H](c5ccc(C)c(F)c5)C4([2H])[2H])nc(SC([2H])([2H])CC)nc32)[C@]([2H])(O)[C@]1([2H])O.[2H]C([2H])(O)CO[C@@]1([2H])C([2H])([2H])[C@@]([2H])(n2nnc3c(N[C@@]4([2H])[C@H](c5ccc(C)c(F)c5)C4([2H])[2H])nc(SC([2H])([2H])CC)nc32)[C@]([2H])(O)[C@]1([2H])O. The maximum Gasteiger partial charge on any atom is 0.191 e. The Balaban J connectivity index is 0.000000170. The molecule has 8 heterocycles. The van der Waals surface area contributed by atoms with Crippen molar-refractivity contribution < 1.29 is 169 Å². The molecule has 0 unspecified atom stereocenters. The first-order valence-corrected chi connectivity index (χ1v) is 46.3. The van der Waals surface area contributed by atoms with Crippen molar-refractivity contribution in [3.63, 3.8) is 0 Å². The molecular formula is C96H124F4N24O16S4. The predicted molar refractivity (Wildman–Crippen MR) is 530 cm³/mol. The highest BCUT2D eigenvalue weighted by molar-refractivity contribution is 7.99. The third kappa shape index (κ3) is 23.8. The minimum Gasteiger partial charge on any atom is -0.394 e. The lowest BCUT2D eigenvalue weighted by atomic mass is 10.1. The number of fused-ring (bicyclic) bond motifs is 4. The van der Waals surface area contributed by atoms with Gasteiger partial charge in [-0.3, -0.25) is 0 Å². The van der Waals surface area contributed by atoms with E-state index in [1.165, 1.54) is 104 Å².